The van der Waals surface area contributed by atoms with Crippen LogP contribution < -0.4 is 5.32 Å². The van der Waals surface area contributed by atoms with Crippen molar-refractivity contribution in [2.75, 3.05) is 25.5 Å². The fourth-order valence-corrected chi connectivity index (χ4v) is 2.60. The maximum atomic E-state index is 12.1. The van der Waals surface area contributed by atoms with Crippen LogP contribution in [0.25, 0.3) is 0 Å². The van der Waals surface area contributed by atoms with Gasteiger partial charge in [0.2, 0.25) is 5.91 Å². The highest BCUT2D eigenvalue weighted by molar-refractivity contribution is 5.94. The maximum Gasteiger partial charge on any atom is 0.306 e. The Labute approximate surface area is 165 Å². The Balaban J connectivity index is 1.73. The van der Waals surface area contributed by atoms with Crippen molar-refractivity contribution >= 4 is 23.5 Å². The fourth-order valence-electron chi connectivity index (χ4n) is 2.60. The number of rotatable bonds is 8. The second-order valence-corrected chi connectivity index (χ2v) is 6.84. The van der Waals surface area contributed by atoms with Crippen LogP contribution in [0, 0.1) is 6.92 Å². The normalized spacial score (nSPS) is 11.4. The molecule has 0 unspecified atom stereocenters. The second-order valence-electron chi connectivity index (χ2n) is 6.84. The van der Waals surface area contributed by atoms with Gasteiger partial charge in [0.1, 0.15) is 0 Å². The van der Waals surface area contributed by atoms with Crippen molar-refractivity contribution in [3.63, 3.8) is 0 Å². The van der Waals surface area contributed by atoms with E-state index in [2.05, 4.69) is 5.32 Å². The van der Waals surface area contributed by atoms with E-state index in [1.165, 1.54) is 11.9 Å². The number of likely N-dealkylation sites (N-methyl/N-ethyl adjacent to an activating group) is 1. The predicted octanol–water partition coefficient (Wildman–Crippen LogP) is 3.13. The van der Waals surface area contributed by atoms with Crippen molar-refractivity contribution in [2.45, 2.75) is 26.2 Å². The average molecular weight is 382 g/mol. The molecule has 28 heavy (non-hydrogen) atoms. The van der Waals surface area contributed by atoms with Crippen molar-refractivity contribution in [2.24, 2.45) is 0 Å². The van der Waals surface area contributed by atoms with Crippen LogP contribution in [0.4, 0.5) is 5.69 Å². The van der Waals surface area contributed by atoms with Gasteiger partial charge in [-0.3, -0.25) is 14.4 Å². The first-order valence-corrected chi connectivity index (χ1v) is 9.16. The molecule has 1 atom stereocenters. The SMILES string of the molecule is Cc1ccc(NC(=O)CN(C)C(=O)COC(=O)C[C@@H](C)c2ccccc2)cc1. The number of anilines is 1. The van der Waals surface area contributed by atoms with Gasteiger partial charge in [0.05, 0.1) is 13.0 Å². The number of hydrogen-bond donors (Lipinski definition) is 1. The lowest BCUT2D eigenvalue weighted by molar-refractivity contribution is -0.152. The molecule has 0 saturated carbocycles. The van der Waals surface area contributed by atoms with Crippen LogP contribution in [0.15, 0.2) is 54.6 Å². The molecule has 6 heteroatoms. The molecule has 0 aliphatic heterocycles. The lowest BCUT2D eigenvalue weighted by atomic mass is 9.98. The van der Waals surface area contributed by atoms with Gasteiger partial charge in [-0.15, -0.1) is 0 Å². The molecule has 0 fully saturated rings. The van der Waals surface area contributed by atoms with Gasteiger partial charge in [0.25, 0.3) is 5.91 Å². The summed E-state index contributed by atoms with van der Waals surface area (Å²) >= 11 is 0. The molecule has 0 aromatic heterocycles. The minimum Gasteiger partial charge on any atom is -0.456 e. The van der Waals surface area contributed by atoms with Crippen molar-refractivity contribution in [1.29, 1.82) is 0 Å². The van der Waals surface area contributed by atoms with Crippen molar-refractivity contribution in [3.8, 4) is 0 Å². The molecule has 0 radical (unpaired) electrons. The van der Waals surface area contributed by atoms with E-state index in [4.69, 9.17) is 4.74 Å². The third-order valence-corrected chi connectivity index (χ3v) is 4.34. The van der Waals surface area contributed by atoms with Gasteiger partial charge < -0.3 is 15.0 Å². The number of hydrogen-bond acceptors (Lipinski definition) is 4. The highest BCUT2D eigenvalue weighted by Gasteiger charge is 2.17. The zero-order valence-electron chi connectivity index (χ0n) is 16.5. The molecule has 2 rings (SSSR count). The molecule has 0 bridgehead atoms. The van der Waals surface area contributed by atoms with Gasteiger partial charge in [-0.1, -0.05) is 55.0 Å². The average Bonchev–Trinajstić information content (AvgIpc) is 2.68. The first kappa shape index (κ1) is 21.2. The summed E-state index contributed by atoms with van der Waals surface area (Å²) in [6.45, 7) is 3.39. The molecule has 0 saturated heterocycles. The van der Waals surface area contributed by atoms with Crippen LogP contribution in [-0.2, 0) is 19.1 Å². The Morgan fingerprint density at radius 3 is 2.32 bits per heavy atom. The summed E-state index contributed by atoms with van der Waals surface area (Å²) in [5.41, 5.74) is 2.79. The number of ether oxygens (including phenoxy) is 1. The van der Waals surface area contributed by atoms with Gasteiger partial charge >= 0.3 is 5.97 Å². The Bertz CT molecular complexity index is 803. The summed E-state index contributed by atoms with van der Waals surface area (Å²) in [6, 6.07) is 17.0. The monoisotopic (exact) mass is 382 g/mol. The molecule has 6 nitrogen and oxygen atoms in total. The summed E-state index contributed by atoms with van der Waals surface area (Å²) in [5.74, 6) is -1.19. The number of carbonyl (C=O) groups excluding carboxylic acids is 3. The lowest BCUT2D eigenvalue weighted by Crippen LogP contribution is -2.37. The summed E-state index contributed by atoms with van der Waals surface area (Å²) in [6.07, 6.45) is 0.189. The van der Waals surface area contributed by atoms with Crippen LogP contribution in [0.2, 0.25) is 0 Å². The first-order chi connectivity index (χ1) is 13.3. The summed E-state index contributed by atoms with van der Waals surface area (Å²) < 4.78 is 5.07. The molecule has 148 valence electrons. The quantitative estimate of drug-likeness (QED) is 0.712. The van der Waals surface area contributed by atoms with Crippen molar-refractivity contribution in [1.82, 2.24) is 4.90 Å². The Kier molecular flexibility index (Phi) is 7.75. The van der Waals surface area contributed by atoms with Crippen molar-refractivity contribution < 1.29 is 19.1 Å². The van der Waals surface area contributed by atoms with Crippen LogP contribution >= 0.6 is 0 Å². The standard InChI is InChI=1S/C22H26N2O4/c1-16-9-11-19(12-10-16)23-20(25)14-24(3)21(26)15-28-22(27)13-17(2)18-7-5-4-6-8-18/h4-12,17H,13-15H2,1-3H3,(H,23,25)/t17-/m1/s1. The van der Waals surface area contributed by atoms with Gasteiger partial charge in [-0.05, 0) is 30.5 Å². The van der Waals surface area contributed by atoms with E-state index in [9.17, 15) is 14.4 Å². The van der Waals surface area contributed by atoms with Crippen LogP contribution in [-0.4, -0.2) is 42.9 Å². The summed E-state index contributed by atoms with van der Waals surface area (Å²) in [4.78, 5) is 37.4. The van der Waals surface area contributed by atoms with Crippen LogP contribution in [0.5, 0.6) is 0 Å². The predicted molar refractivity (Wildman–Crippen MR) is 108 cm³/mol. The smallest absolute Gasteiger partial charge is 0.306 e. The molecule has 2 amide bonds. The maximum absolute atomic E-state index is 12.1. The number of amides is 2. The molecule has 1 N–H and O–H groups in total. The number of esters is 1. The van der Waals surface area contributed by atoms with E-state index in [-0.39, 0.29) is 31.4 Å². The van der Waals surface area contributed by atoms with Gasteiger partial charge in [-0.25, -0.2) is 0 Å². The Morgan fingerprint density at radius 1 is 1.04 bits per heavy atom. The first-order valence-electron chi connectivity index (χ1n) is 9.16. The van der Waals surface area contributed by atoms with Gasteiger partial charge in [-0.2, -0.15) is 0 Å². The number of aryl methyl sites for hydroxylation is 1. The van der Waals surface area contributed by atoms with Crippen LogP contribution in [0.3, 0.4) is 0 Å². The van der Waals surface area contributed by atoms with E-state index >= 15 is 0 Å². The molecule has 0 heterocycles. The zero-order valence-corrected chi connectivity index (χ0v) is 16.5. The van der Waals surface area contributed by atoms with E-state index in [0.717, 1.165) is 11.1 Å². The highest BCUT2D eigenvalue weighted by Crippen LogP contribution is 2.18. The van der Waals surface area contributed by atoms with Gasteiger partial charge in [0.15, 0.2) is 6.61 Å². The fraction of sp³-hybridized carbons (Fsp3) is 0.318. The third kappa shape index (κ3) is 6.87. The molecule has 2 aromatic rings. The summed E-state index contributed by atoms with van der Waals surface area (Å²) in [7, 11) is 1.50. The van der Waals surface area contributed by atoms with Crippen molar-refractivity contribution in [3.05, 3.63) is 65.7 Å². The Morgan fingerprint density at radius 2 is 1.68 bits per heavy atom. The largest absolute Gasteiger partial charge is 0.456 e. The molecular weight excluding hydrogens is 356 g/mol. The van der Waals surface area contributed by atoms with E-state index < -0.39 is 11.9 Å². The molecule has 0 spiro atoms. The highest BCUT2D eigenvalue weighted by atomic mass is 16.5. The lowest BCUT2D eigenvalue weighted by Gasteiger charge is -2.17. The molecular formula is C22H26N2O4. The number of nitrogens with zero attached hydrogens (tertiary/aromatic N) is 1. The Hall–Kier alpha value is -3.15. The van der Waals surface area contributed by atoms with Gasteiger partial charge in [0, 0.05) is 12.7 Å². The minimum absolute atomic E-state index is 0.00168. The molecule has 0 aliphatic carbocycles. The minimum atomic E-state index is -0.442. The number of benzene rings is 2. The molecule has 2 aromatic carbocycles. The summed E-state index contributed by atoms with van der Waals surface area (Å²) in [5, 5.41) is 2.72. The number of carbonyl (C=O) groups is 3. The van der Waals surface area contributed by atoms with E-state index in [0.29, 0.717) is 5.69 Å². The van der Waals surface area contributed by atoms with E-state index in [1.807, 2.05) is 56.3 Å². The topological polar surface area (TPSA) is 75.7 Å². The van der Waals surface area contributed by atoms with Crippen LogP contribution in [0.1, 0.15) is 30.4 Å². The number of nitrogens with one attached hydrogen (secondary N) is 1. The zero-order chi connectivity index (χ0) is 20.5. The molecule has 0 aliphatic rings. The van der Waals surface area contributed by atoms with E-state index in [1.54, 1.807) is 12.1 Å². The second kappa shape index (κ2) is 10.3. The third-order valence-electron chi connectivity index (χ3n) is 4.34.